The van der Waals surface area contributed by atoms with Crippen LogP contribution in [0, 0.1) is 20.5 Å². The molecule has 1 rings (SSSR count). The minimum absolute atomic E-state index is 0.124. The van der Waals surface area contributed by atoms with Gasteiger partial charge in [-0.05, 0) is 0 Å². The Morgan fingerprint density at radius 2 is 1.62 bits per heavy atom. The molecule has 0 aliphatic heterocycles. The first-order chi connectivity index (χ1) is 5.95. The van der Waals surface area contributed by atoms with Crippen molar-refractivity contribution in [2.75, 3.05) is 11.5 Å². The van der Waals surface area contributed by atoms with Crippen molar-refractivity contribution in [1.82, 2.24) is 0 Å². The summed E-state index contributed by atoms with van der Waals surface area (Å²) in [7, 11) is 0. The molecule has 1 aromatic heterocycles. The van der Waals surface area contributed by atoms with E-state index in [-0.39, 0.29) is 9.46 Å². The molecule has 0 aliphatic carbocycles. The van der Waals surface area contributed by atoms with Gasteiger partial charge >= 0.3 is 23.7 Å². The zero-order valence-electron chi connectivity index (χ0n) is 6.21. The summed E-state index contributed by atoms with van der Waals surface area (Å²) < 4.78 is -0.247. The predicted octanol–water partition coefficient (Wildman–Crippen LogP) is -1.97. The summed E-state index contributed by atoms with van der Waals surface area (Å²) in [5.74, 6) is -1.43. The van der Waals surface area contributed by atoms with Crippen molar-refractivity contribution < 1.29 is 14.4 Å². The van der Waals surface area contributed by atoms with E-state index < -0.39 is 22.2 Å². The highest BCUT2D eigenvalue weighted by molar-refractivity contribution is 5.60. The summed E-state index contributed by atoms with van der Waals surface area (Å²) in [6.45, 7) is 0. The molecular weight excluding hydrogens is 182 g/mol. The van der Waals surface area contributed by atoms with Crippen molar-refractivity contribution >= 4 is 17.3 Å². The summed E-state index contributed by atoms with van der Waals surface area (Å²) in [5.41, 5.74) is 9.18. The molecule has 1 heterocycles. The molecule has 0 spiro atoms. The smallest absolute Gasteiger partial charge is 0.447 e. The highest BCUT2D eigenvalue weighted by Gasteiger charge is 2.30. The summed E-state index contributed by atoms with van der Waals surface area (Å²) in [5, 5.41) is 31.7. The number of nitrogens with two attached hydrogens (primary N) is 2. The molecule has 13 heavy (non-hydrogen) atoms. The van der Waals surface area contributed by atoms with Gasteiger partial charge in [0.25, 0.3) is 0 Å². The Balaban J connectivity index is 3.56. The van der Waals surface area contributed by atoms with Gasteiger partial charge in [0.15, 0.2) is 0 Å². The Morgan fingerprint density at radius 3 is 1.92 bits per heavy atom. The van der Waals surface area contributed by atoms with Crippen molar-refractivity contribution in [2.24, 2.45) is 0 Å². The molecule has 0 saturated heterocycles. The Kier molecular flexibility index (Phi) is 1.77. The number of aromatic nitrogens is 2. The van der Waals surface area contributed by atoms with E-state index >= 15 is 0 Å². The molecule has 0 atom stereocenters. The number of nitrogen functional groups attached to an aromatic ring is 2. The zero-order chi connectivity index (χ0) is 10.2. The molecule has 4 N–H and O–H groups in total. The highest BCUT2D eigenvalue weighted by Crippen LogP contribution is 2.20. The first-order valence-electron chi connectivity index (χ1n) is 2.99. The van der Waals surface area contributed by atoms with Crippen LogP contribution in [0.25, 0.3) is 0 Å². The van der Waals surface area contributed by atoms with Crippen LogP contribution in [0.3, 0.4) is 0 Å². The number of hydrogen-bond donors (Lipinski definition) is 2. The normalized spacial score (nSPS) is 9.85. The second kappa shape index (κ2) is 2.62. The topological polar surface area (TPSA) is 149 Å². The first kappa shape index (κ1) is 8.77. The molecule has 1 aromatic rings. The van der Waals surface area contributed by atoms with Crippen LogP contribution in [0.1, 0.15) is 0 Å². The summed E-state index contributed by atoms with van der Waals surface area (Å²) in [6, 6.07) is 0. The Hall–Kier alpha value is -2.32. The van der Waals surface area contributed by atoms with Crippen LogP contribution in [0.4, 0.5) is 17.3 Å². The Labute approximate surface area is 71.1 Å². The van der Waals surface area contributed by atoms with E-state index in [1.54, 1.807) is 0 Å². The molecule has 0 amide bonds. The standard InChI is InChI=1S/C4H5N5O4/c5-3-2(9(12)13)4(6)8(11)1-7(3)10/h1H,5-6H2. The molecule has 0 radical (unpaired) electrons. The van der Waals surface area contributed by atoms with Crippen LogP contribution in [-0.2, 0) is 0 Å². The zero-order valence-corrected chi connectivity index (χ0v) is 6.21. The van der Waals surface area contributed by atoms with E-state index in [9.17, 15) is 20.5 Å². The van der Waals surface area contributed by atoms with Gasteiger partial charge in [-0.1, -0.05) is 0 Å². The van der Waals surface area contributed by atoms with Crippen LogP contribution >= 0.6 is 0 Å². The van der Waals surface area contributed by atoms with E-state index in [4.69, 9.17) is 11.5 Å². The molecule has 0 aromatic carbocycles. The lowest BCUT2D eigenvalue weighted by atomic mass is 10.4. The van der Waals surface area contributed by atoms with E-state index in [1.807, 2.05) is 0 Å². The van der Waals surface area contributed by atoms with Gasteiger partial charge in [0.2, 0.25) is 0 Å². The number of nitrogens with zero attached hydrogens (tertiary/aromatic N) is 3. The fourth-order valence-electron chi connectivity index (χ4n) is 0.747. The van der Waals surface area contributed by atoms with E-state index in [0.717, 1.165) is 0 Å². The fraction of sp³-hybridized carbons (Fsp3) is 0. The average molecular weight is 187 g/mol. The highest BCUT2D eigenvalue weighted by atomic mass is 16.6. The van der Waals surface area contributed by atoms with E-state index in [1.165, 1.54) is 0 Å². The molecule has 70 valence electrons. The maximum Gasteiger partial charge on any atom is 0.447 e. The third-order valence-electron chi connectivity index (χ3n) is 1.35. The molecule has 0 unspecified atom stereocenters. The Morgan fingerprint density at radius 1 is 1.23 bits per heavy atom. The second-order valence-electron chi connectivity index (χ2n) is 2.14. The van der Waals surface area contributed by atoms with Crippen molar-refractivity contribution in [3.63, 3.8) is 0 Å². The van der Waals surface area contributed by atoms with Gasteiger partial charge < -0.3 is 16.1 Å². The van der Waals surface area contributed by atoms with Crippen LogP contribution in [0.15, 0.2) is 6.33 Å². The van der Waals surface area contributed by atoms with Gasteiger partial charge in [-0.2, -0.15) is 4.73 Å². The minimum Gasteiger partial charge on any atom is -0.677 e. The van der Waals surface area contributed by atoms with Crippen molar-refractivity contribution in [1.29, 1.82) is 0 Å². The van der Waals surface area contributed by atoms with Crippen LogP contribution in [0.5, 0.6) is 0 Å². The first-order valence-corrected chi connectivity index (χ1v) is 2.99. The van der Waals surface area contributed by atoms with Gasteiger partial charge in [0, 0.05) is 0 Å². The van der Waals surface area contributed by atoms with Crippen molar-refractivity contribution in [3.8, 4) is 0 Å². The SMILES string of the molecule is Nc1c([N+](=O)[O-])c(N)[n+]([O-])c[n+]1[O-]. The van der Waals surface area contributed by atoms with E-state index in [0.29, 0.717) is 6.33 Å². The molecule has 0 saturated carbocycles. The lowest BCUT2D eigenvalue weighted by Gasteiger charge is -2.06. The third kappa shape index (κ3) is 1.21. The molecule has 0 fully saturated rings. The Bertz CT molecular complexity index is 351. The summed E-state index contributed by atoms with van der Waals surface area (Å²) >= 11 is 0. The molecule has 0 bridgehead atoms. The number of rotatable bonds is 1. The fourth-order valence-corrected chi connectivity index (χ4v) is 0.747. The molecule has 9 heteroatoms. The van der Waals surface area contributed by atoms with Crippen molar-refractivity contribution in [2.45, 2.75) is 0 Å². The monoisotopic (exact) mass is 187 g/mol. The van der Waals surface area contributed by atoms with Crippen molar-refractivity contribution in [3.05, 3.63) is 26.9 Å². The minimum atomic E-state index is -0.993. The van der Waals surface area contributed by atoms with Gasteiger partial charge in [0.05, 0.1) is 4.92 Å². The summed E-state index contributed by atoms with van der Waals surface area (Å²) in [4.78, 5) is 9.30. The number of anilines is 2. The third-order valence-corrected chi connectivity index (χ3v) is 1.35. The largest absolute Gasteiger partial charge is 0.677 e. The average Bonchev–Trinajstić information content (AvgIpc) is 2.01. The van der Waals surface area contributed by atoms with E-state index in [2.05, 4.69) is 0 Å². The maximum absolute atomic E-state index is 10.7. The van der Waals surface area contributed by atoms with Crippen LogP contribution < -0.4 is 20.9 Å². The lowest BCUT2D eigenvalue weighted by molar-refractivity contribution is -0.732. The molecule has 0 aliphatic rings. The van der Waals surface area contributed by atoms with Gasteiger partial charge in [-0.25, -0.2) is 5.73 Å². The summed E-state index contributed by atoms with van der Waals surface area (Å²) in [6.07, 6.45) is 0.456. The van der Waals surface area contributed by atoms with Gasteiger partial charge in [0.1, 0.15) is 0 Å². The number of hydrogen-bond acceptors (Lipinski definition) is 6. The quantitative estimate of drug-likeness (QED) is 0.225. The van der Waals surface area contributed by atoms with Gasteiger partial charge in [-0.15, -0.1) is 4.73 Å². The molecule has 9 nitrogen and oxygen atoms in total. The lowest BCUT2D eigenvalue weighted by Crippen LogP contribution is -2.45. The number of nitro groups is 1. The molecular formula is C4H5N5O4. The van der Waals surface area contributed by atoms with Gasteiger partial charge in [-0.3, -0.25) is 10.1 Å². The van der Waals surface area contributed by atoms with Crippen LogP contribution in [-0.4, -0.2) is 4.92 Å². The predicted molar refractivity (Wildman–Crippen MR) is 39.8 cm³/mol. The maximum atomic E-state index is 10.7. The second-order valence-corrected chi connectivity index (χ2v) is 2.14. The van der Waals surface area contributed by atoms with Crippen LogP contribution in [0.2, 0.25) is 0 Å².